The Balaban J connectivity index is 0.00000342. The van der Waals surface area contributed by atoms with Crippen molar-refractivity contribution in [1.82, 2.24) is 15.2 Å². The number of amides is 1. The van der Waals surface area contributed by atoms with Gasteiger partial charge in [-0.3, -0.25) is 19.0 Å². The summed E-state index contributed by atoms with van der Waals surface area (Å²) in [5.41, 5.74) is 2.05. The molecule has 2 aliphatic rings. The van der Waals surface area contributed by atoms with E-state index in [1.807, 2.05) is 45.0 Å². The zero-order valence-corrected chi connectivity index (χ0v) is 21.5. The number of carbonyl (C=O) groups excluding carboxylic acids is 2. The molecule has 0 bridgehead atoms. The van der Waals surface area contributed by atoms with E-state index in [4.69, 9.17) is 0 Å². The van der Waals surface area contributed by atoms with Crippen LogP contribution >= 0.6 is 0 Å². The van der Waals surface area contributed by atoms with Crippen LogP contribution in [-0.2, 0) is 6.42 Å². The van der Waals surface area contributed by atoms with E-state index in [0.29, 0.717) is 29.8 Å². The largest absolute Gasteiger partial charge is 0.349 e. The number of pyridine rings is 1. The van der Waals surface area contributed by atoms with Crippen molar-refractivity contribution in [3.8, 4) is 5.69 Å². The first-order valence-corrected chi connectivity index (χ1v) is 12.2. The van der Waals surface area contributed by atoms with E-state index < -0.39 is 5.91 Å². The number of hydrogen-bond donors (Lipinski definition) is 2. The van der Waals surface area contributed by atoms with Gasteiger partial charge in [0.05, 0.1) is 0 Å². The van der Waals surface area contributed by atoms with Crippen molar-refractivity contribution in [2.75, 3.05) is 0 Å². The fraction of sp³-hybridized carbons (Fsp3) is 0.552. The normalized spacial score (nSPS) is 20.5. The van der Waals surface area contributed by atoms with Crippen LogP contribution in [0.2, 0.25) is 0 Å². The molecule has 1 saturated heterocycles. The highest BCUT2D eigenvalue weighted by Gasteiger charge is 2.39. The van der Waals surface area contributed by atoms with Crippen LogP contribution < -0.4 is 16.2 Å². The standard InChI is InChI=1S/C28H37N3O3.CH4/c1-17-8-10-19(11-9-17)31-22-15-26(2,3)16-23(32)20(22)12-21(25(31)34)24(33)29-18-13-27(4,5)30-28(6,7)14-18;/h8-12,18,30H,13-16H2,1-7H3,(H,29,33);1H4. The summed E-state index contributed by atoms with van der Waals surface area (Å²) < 4.78 is 1.58. The summed E-state index contributed by atoms with van der Waals surface area (Å²) in [6, 6.07) is 9.10. The molecule has 0 unspecified atom stereocenters. The van der Waals surface area contributed by atoms with Crippen LogP contribution in [-0.4, -0.2) is 33.4 Å². The molecule has 0 atom stereocenters. The molecule has 1 aromatic carbocycles. The van der Waals surface area contributed by atoms with Crippen LogP contribution in [0.3, 0.4) is 0 Å². The maximum absolute atomic E-state index is 13.8. The van der Waals surface area contributed by atoms with Gasteiger partial charge in [0.1, 0.15) is 5.56 Å². The monoisotopic (exact) mass is 479 g/mol. The van der Waals surface area contributed by atoms with Crippen LogP contribution in [0.25, 0.3) is 5.69 Å². The van der Waals surface area contributed by atoms with Crippen molar-refractivity contribution in [2.24, 2.45) is 5.41 Å². The Morgan fingerprint density at radius 2 is 1.54 bits per heavy atom. The fourth-order valence-electron chi connectivity index (χ4n) is 5.93. The predicted molar refractivity (Wildman–Crippen MR) is 142 cm³/mol. The molecular weight excluding hydrogens is 438 g/mol. The molecule has 6 nitrogen and oxygen atoms in total. The smallest absolute Gasteiger partial charge is 0.268 e. The van der Waals surface area contributed by atoms with Crippen molar-refractivity contribution in [3.05, 3.63) is 63.1 Å². The number of benzene rings is 1. The van der Waals surface area contributed by atoms with E-state index in [9.17, 15) is 14.4 Å². The Morgan fingerprint density at radius 3 is 2.11 bits per heavy atom. The third-order valence-electron chi connectivity index (χ3n) is 6.95. The lowest BCUT2D eigenvalue weighted by Crippen LogP contribution is -2.62. The molecule has 1 aliphatic carbocycles. The molecule has 35 heavy (non-hydrogen) atoms. The van der Waals surface area contributed by atoms with E-state index in [1.165, 1.54) is 6.07 Å². The number of fused-ring (bicyclic) bond motifs is 1. The number of aromatic nitrogens is 1. The predicted octanol–water partition coefficient (Wildman–Crippen LogP) is 4.98. The van der Waals surface area contributed by atoms with Crippen molar-refractivity contribution < 1.29 is 9.59 Å². The van der Waals surface area contributed by atoms with Crippen LogP contribution in [0.4, 0.5) is 0 Å². The number of hydrogen-bond acceptors (Lipinski definition) is 4. The number of nitrogens with one attached hydrogen (secondary N) is 2. The molecule has 0 radical (unpaired) electrons. The summed E-state index contributed by atoms with van der Waals surface area (Å²) in [5.74, 6) is -0.435. The second-order valence-electron chi connectivity index (χ2n) is 12.3. The summed E-state index contributed by atoms with van der Waals surface area (Å²) in [6.07, 6.45) is 2.50. The lowest BCUT2D eigenvalue weighted by molar-refractivity contribution is 0.0871. The highest BCUT2D eigenvalue weighted by Crippen LogP contribution is 2.35. The number of rotatable bonds is 3. The quantitative estimate of drug-likeness (QED) is 0.651. The molecule has 2 N–H and O–H groups in total. The van der Waals surface area contributed by atoms with Gasteiger partial charge in [0.15, 0.2) is 5.78 Å². The van der Waals surface area contributed by atoms with Crippen LogP contribution in [0, 0.1) is 12.3 Å². The fourth-order valence-corrected chi connectivity index (χ4v) is 5.93. The molecule has 1 amide bonds. The molecule has 4 rings (SSSR count). The van der Waals surface area contributed by atoms with Crippen molar-refractivity contribution in [1.29, 1.82) is 0 Å². The second-order valence-corrected chi connectivity index (χ2v) is 12.3. The average Bonchev–Trinajstić information content (AvgIpc) is 2.65. The maximum atomic E-state index is 13.8. The minimum atomic E-state index is -0.412. The molecule has 190 valence electrons. The molecule has 2 heterocycles. The van der Waals surface area contributed by atoms with Gasteiger partial charge in [-0.05, 0) is 77.5 Å². The Labute approximate surface area is 209 Å². The lowest BCUT2D eigenvalue weighted by Gasteiger charge is -2.46. The summed E-state index contributed by atoms with van der Waals surface area (Å²) in [4.78, 5) is 40.3. The Kier molecular flexibility index (Phi) is 6.95. The van der Waals surface area contributed by atoms with E-state index in [-0.39, 0.29) is 46.9 Å². The average molecular weight is 480 g/mol. The van der Waals surface area contributed by atoms with Gasteiger partial charge in [-0.2, -0.15) is 0 Å². The van der Waals surface area contributed by atoms with E-state index in [0.717, 1.165) is 18.4 Å². The lowest BCUT2D eigenvalue weighted by atomic mass is 9.75. The number of piperidine rings is 1. The van der Waals surface area contributed by atoms with E-state index in [1.54, 1.807) is 4.57 Å². The van der Waals surface area contributed by atoms with Gasteiger partial charge >= 0.3 is 0 Å². The van der Waals surface area contributed by atoms with E-state index >= 15 is 0 Å². The highest BCUT2D eigenvalue weighted by molar-refractivity contribution is 6.02. The minimum absolute atomic E-state index is 0. The van der Waals surface area contributed by atoms with Gasteiger partial charge in [-0.15, -0.1) is 0 Å². The SMILES string of the molecule is C.Cc1ccc(-n2c3c(cc(C(=O)NC4CC(C)(C)NC(C)(C)C4)c2=O)C(=O)CC(C)(C)C3)cc1. The molecular formula is C29H41N3O3. The number of ketones is 1. The minimum Gasteiger partial charge on any atom is -0.349 e. The van der Waals surface area contributed by atoms with E-state index in [2.05, 4.69) is 38.3 Å². The maximum Gasteiger partial charge on any atom is 0.268 e. The zero-order chi connectivity index (χ0) is 25.1. The van der Waals surface area contributed by atoms with Gasteiger partial charge in [-0.25, -0.2) is 0 Å². The molecule has 0 spiro atoms. The number of Topliss-reactive ketones (excluding diaryl/α,β-unsaturated/α-hetero) is 1. The summed E-state index contributed by atoms with van der Waals surface area (Å²) in [5, 5.41) is 6.72. The first kappa shape index (κ1) is 26.9. The Bertz CT molecular complexity index is 1190. The number of carbonyl (C=O) groups is 2. The topological polar surface area (TPSA) is 80.2 Å². The van der Waals surface area contributed by atoms with Crippen LogP contribution in [0.1, 0.15) is 100 Å². The summed E-state index contributed by atoms with van der Waals surface area (Å²) in [6.45, 7) is 14.6. The highest BCUT2D eigenvalue weighted by atomic mass is 16.2. The zero-order valence-electron chi connectivity index (χ0n) is 21.5. The summed E-state index contributed by atoms with van der Waals surface area (Å²) >= 11 is 0. The summed E-state index contributed by atoms with van der Waals surface area (Å²) in [7, 11) is 0. The Morgan fingerprint density at radius 1 is 0.971 bits per heavy atom. The molecule has 2 aromatic rings. The van der Waals surface area contributed by atoms with Crippen molar-refractivity contribution in [3.63, 3.8) is 0 Å². The van der Waals surface area contributed by atoms with Gasteiger partial charge in [0, 0.05) is 40.5 Å². The molecule has 6 heteroatoms. The number of nitrogens with zero attached hydrogens (tertiary/aromatic N) is 1. The molecule has 1 fully saturated rings. The van der Waals surface area contributed by atoms with Crippen molar-refractivity contribution in [2.45, 2.75) is 98.7 Å². The number of aryl methyl sites for hydroxylation is 1. The van der Waals surface area contributed by atoms with Gasteiger partial charge in [0.2, 0.25) is 0 Å². The van der Waals surface area contributed by atoms with Crippen LogP contribution in [0.15, 0.2) is 35.1 Å². The second kappa shape index (κ2) is 9.05. The third-order valence-corrected chi connectivity index (χ3v) is 6.95. The van der Waals surface area contributed by atoms with Gasteiger partial charge < -0.3 is 10.6 Å². The van der Waals surface area contributed by atoms with Crippen molar-refractivity contribution >= 4 is 11.7 Å². The van der Waals surface area contributed by atoms with Gasteiger partial charge in [0.25, 0.3) is 11.5 Å². The third kappa shape index (κ3) is 5.58. The molecule has 0 saturated carbocycles. The molecule has 1 aliphatic heterocycles. The van der Waals surface area contributed by atoms with Gasteiger partial charge in [-0.1, -0.05) is 39.0 Å². The Hall–Kier alpha value is -2.73. The first-order valence-electron chi connectivity index (χ1n) is 12.2. The molecule has 1 aromatic heterocycles. The first-order chi connectivity index (χ1) is 15.7. The van der Waals surface area contributed by atoms with Crippen LogP contribution in [0.5, 0.6) is 0 Å².